The molecule has 1 fully saturated rings. The molecule has 3 aromatic rings. The van der Waals surface area contributed by atoms with E-state index in [-0.39, 0.29) is 11.8 Å². The minimum atomic E-state index is -5.08. The van der Waals surface area contributed by atoms with E-state index in [1.165, 1.54) is 4.68 Å². The van der Waals surface area contributed by atoms with Crippen molar-refractivity contribution < 1.29 is 27.8 Å². The van der Waals surface area contributed by atoms with Gasteiger partial charge in [0.25, 0.3) is 0 Å². The van der Waals surface area contributed by atoms with Crippen molar-refractivity contribution in [2.24, 2.45) is 5.92 Å². The second-order valence-electron chi connectivity index (χ2n) is 9.26. The summed E-state index contributed by atoms with van der Waals surface area (Å²) in [5.41, 5.74) is 2.13. The minimum Gasteiger partial charge on any atom is -0.481 e. The first-order valence-electron chi connectivity index (χ1n) is 11.8. The van der Waals surface area contributed by atoms with Crippen molar-refractivity contribution in [2.75, 3.05) is 20.2 Å². The Kier molecular flexibility index (Phi) is 7.67. The summed E-state index contributed by atoms with van der Waals surface area (Å²) in [7, 11) is 1.63. The molecule has 0 amide bonds. The van der Waals surface area contributed by atoms with Crippen LogP contribution in [-0.2, 0) is 24.4 Å². The van der Waals surface area contributed by atoms with Gasteiger partial charge in [0.05, 0.1) is 13.7 Å². The van der Waals surface area contributed by atoms with Crippen molar-refractivity contribution in [3.63, 3.8) is 0 Å². The summed E-state index contributed by atoms with van der Waals surface area (Å²) < 4.78 is 40.0. The highest BCUT2D eigenvalue weighted by Crippen LogP contribution is 2.38. The van der Waals surface area contributed by atoms with Crippen LogP contribution in [0.5, 0.6) is 5.88 Å². The number of halogens is 3. The van der Waals surface area contributed by atoms with Crippen molar-refractivity contribution in [2.45, 2.75) is 38.7 Å². The molecule has 0 spiro atoms. The molecule has 202 valence electrons. The predicted octanol–water partition coefficient (Wildman–Crippen LogP) is 2.03. The third-order valence-corrected chi connectivity index (χ3v) is 6.56. The van der Waals surface area contributed by atoms with Crippen LogP contribution in [0.1, 0.15) is 28.4 Å². The van der Waals surface area contributed by atoms with Gasteiger partial charge in [-0.25, -0.2) is 14.5 Å². The van der Waals surface area contributed by atoms with E-state index in [0.29, 0.717) is 19.0 Å². The van der Waals surface area contributed by atoms with E-state index in [1.807, 2.05) is 43.3 Å². The molecule has 1 saturated heterocycles. The first-order chi connectivity index (χ1) is 18.0. The van der Waals surface area contributed by atoms with Gasteiger partial charge in [-0.15, -0.1) is 0 Å². The van der Waals surface area contributed by atoms with Crippen molar-refractivity contribution in [1.82, 2.24) is 24.2 Å². The number of hydrogen-bond donors (Lipinski definition) is 1. The molecule has 2 atom stereocenters. The Morgan fingerprint density at radius 3 is 2.39 bits per heavy atom. The van der Waals surface area contributed by atoms with E-state index >= 15 is 0 Å². The summed E-state index contributed by atoms with van der Waals surface area (Å²) in [6.07, 6.45) is -3.36. The molecule has 1 aromatic carbocycles. The van der Waals surface area contributed by atoms with Crippen LogP contribution < -0.4 is 15.9 Å². The third kappa shape index (κ3) is 5.77. The zero-order valence-electron chi connectivity index (χ0n) is 20.7. The standard InChI is InChI=1S/C23H25N5O3.C2HF3O2/c1-15-5-7-16(8-6-15)10-28-23(30)22(29)27-13-18-12-26(14-19(18)20(27)25-28)11-17-4-3-9-24-21(17)31-2;3-2(4,5)1(6)7/h3-9,18-19H,10-14H2,1-2H3;(H,6,7). The maximum atomic E-state index is 12.8. The van der Waals surface area contributed by atoms with E-state index in [2.05, 4.69) is 15.0 Å². The number of aromatic nitrogens is 4. The van der Waals surface area contributed by atoms with Gasteiger partial charge in [0, 0.05) is 49.8 Å². The number of aliphatic carboxylic acids is 1. The number of nitrogens with zero attached hydrogens (tertiary/aromatic N) is 5. The van der Waals surface area contributed by atoms with Crippen LogP contribution in [0.2, 0.25) is 0 Å². The molecule has 0 bridgehead atoms. The fraction of sp³-hybridized carbons (Fsp3) is 0.400. The van der Waals surface area contributed by atoms with E-state index < -0.39 is 23.3 Å². The first-order valence-corrected chi connectivity index (χ1v) is 11.8. The molecule has 2 aromatic heterocycles. The van der Waals surface area contributed by atoms with E-state index in [1.54, 1.807) is 17.9 Å². The summed E-state index contributed by atoms with van der Waals surface area (Å²) in [5, 5.41) is 11.8. The average Bonchev–Trinajstić information content (AvgIpc) is 3.42. The molecule has 10 nitrogen and oxygen atoms in total. The highest BCUT2D eigenvalue weighted by atomic mass is 19.4. The number of carboxylic acids is 1. The summed E-state index contributed by atoms with van der Waals surface area (Å²) in [4.78, 5) is 40.9. The highest BCUT2D eigenvalue weighted by molar-refractivity contribution is 5.73. The minimum absolute atomic E-state index is 0.139. The zero-order valence-corrected chi connectivity index (χ0v) is 20.7. The lowest BCUT2D eigenvalue weighted by Gasteiger charge is -2.18. The van der Waals surface area contributed by atoms with E-state index in [4.69, 9.17) is 14.6 Å². The summed E-state index contributed by atoms with van der Waals surface area (Å²) in [5.74, 6) is -0.978. The number of methoxy groups -OCH3 is 1. The Morgan fingerprint density at radius 2 is 1.76 bits per heavy atom. The molecular formula is C25H26F3N5O5. The van der Waals surface area contributed by atoms with E-state index in [9.17, 15) is 22.8 Å². The molecule has 0 saturated carbocycles. The fourth-order valence-corrected chi connectivity index (χ4v) is 4.75. The third-order valence-electron chi connectivity index (χ3n) is 6.56. The Balaban J connectivity index is 0.000000426. The molecule has 2 aliphatic heterocycles. The largest absolute Gasteiger partial charge is 0.490 e. The maximum absolute atomic E-state index is 12.8. The molecule has 4 heterocycles. The molecule has 13 heteroatoms. The molecule has 38 heavy (non-hydrogen) atoms. The molecular weight excluding hydrogens is 507 g/mol. The van der Waals surface area contributed by atoms with Gasteiger partial charge in [-0.1, -0.05) is 35.9 Å². The number of ether oxygens (including phenoxy) is 1. The SMILES string of the molecule is COc1ncccc1CN1CC2Cn3c(nn(Cc4ccc(C)cc4)c(=O)c3=O)C2C1.O=C(O)C(F)(F)F. The van der Waals surface area contributed by atoms with Crippen LogP contribution in [-0.4, -0.2) is 61.7 Å². The van der Waals surface area contributed by atoms with Gasteiger partial charge in [0.2, 0.25) is 5.88 Å². The zero-order chi connectivity index (χ0) is 27.6. The monoisotopic (exact) mass is 533 g/mol. The van der Waals surface area contributed by atoms with Crippen molar-refractivity contribution >= 4 is 5.97 Å². The molecule has 0 radical (unpaired) electrons. The molecule has 0 aliphatic carbocycles. The number of pyridine rings is 1. The van der Waals surface area contributed by atoms with E-state index in [0.717, 1.165) is 42.1 Å². The molecule has 5 rings (SSSR count). The second kappa shape index (κ2) is 10.8. The Bertz CT molecular complexity index is 1440. The van der Waals surface area contributed by atoms with Gasteiger partial charge in [-0.3, -0.25) is 19.1 Å². The van der Waals surface area contributed by atoms with Crippen molar-refractivity contribution in [1.29, 1.82) is 0 Å². The number of rotatable bonds is 5. The lowest BCUT2D eigenvalue weighted by atomic mass is 10.00. The quantitative estimate of drug-likeness (QED) is 0.495. The number of benzene rings is 1. The number of aryl methyl sites for hydroxylation is 1. The number of carboxylic acid groups (broad SMARTS) is 1. The Hall–Kier alpha value is -4.00. The fourth-order valence-electron chi connectivity index (χ4n) is 4.75. The smallest absolute Gasteiger partial charge is 0.481 e. The second-order valence-corrected chi connectivity index (χ2v) is 9.26. The molecule has 2 unspecified atom stereocenters. The molecule has 1 N–H and O–H groups in total. The van der Waals surface area contributed by atoms with Crippen LogP contribution in [0, 0.1) is 12.8 Å². The number of likely N-dealkylation sites (tertiary alicyclic amines) is 1. The van der Waals surface area contributed by atoms with Gasteiger partial charge in [-0.05, 0) is 18.6 Å². The van der Waals surface area contributed by atoms with Crippen LogP contribution in [0.4, 0.5) is 13.2 Å². The van der Waals surface area contributed by atoms with Gasteiger partial charge in [0.15, 0.2) is 0 Å². The lowest BCUT2D eigenvalue weighted by Crippen LogP contribution is -2.44. The number of alkyl halides is 3. The van der Waals surface area contributed by atoms with Crippen LogP contribution in [0.3, 0.4) is 0 Å². The normalized spacial score (nSPS) is 18.3. The van der Waals surface area contributed by atoms with Crippen molar-refractivity contribution in [3.05, 3.63) is 85.8 Å². The van der Waals surface area contributed by atoms with Gasteiger partial charge >= 0.3 is 23.3 Å². The topological polar surface area (TPSA) is 120 Å². The first kappa shape index (κ1) is 27.0. The van der Waals surface area contributed by atoms with Crippen LogP contribution in [0.25, 0.3) is 0 Å². The highest BCUT2D eigenvalue weighted by Gasteiger charge is 2.43. The van der Waals surface area contributed by atoms with Gasteiger partial charge < -0.3 is 9.84 Å². The number of hydrogen-bond acceptors (Lipinski definition) is 7. The Morgan fingerprint density at radius 1 is 1.08 bits per heavy atom. The van der Waals surface area contributed by atoms with Gasteiger partial charge in [0.1, 0.15) is 5.82 Å². The lowest BCUT2D eigenvalue weighted by molar-refractivity contribution is -0.192. The summed E-state index contributed by atoms with van der Waals surface area (Å²) in [6, 6.07) is 11.9. The number of carbonyl (C=O) groups is 1. The maximum Gasteiger partial charge on any atom is 0.490 e. The van der Waals surface area contributed by atoms with Crippen LogP contribution >= 0.6 is 0 Å². The molecule has 2 aliphatic rings. The summed E-state index contributed by atoms with van der Waals surface area (Å²) in [6.45, 7) is 5.24. The summed E-state index contributed by atoms with van der Waals surface area (Å²) >= 11 is 0. The average molecular weight is 534 g/mol. The van der Waals surface area contributed by atoms with Gasteiger partial charge in [-0.2, -0.15) is 18.3 Å². The predicted molar refractivity (Wildman–Crippen MR) is 129 cm³/mol. The Labute approximate surface area is 214 Å². The number of fused-ring (bicyclic) bond motifs is 3. The van der Waals surface area contributed by atoms with Crippen molar-refractivity contribution in [3.8, 4) is 5.88 Å². The van der Waals surface area contributed by atoms with Crippen LogP contribution in [0.15, 0.2) is 52.2 Å².